The standard InChI is InChI=1S/C40H66O4/c1-3-5-7-9-10-11-12-13-14-15-16-17-18-19-20-21-22-23-24-29-33-37-40(43)44-38(34-30-26-8-6-4-2)35-31-27-25-28-32-36-39(41)42/h5,7,10-11,13-14,16-17,19-20,22-23,38H,3-4,6,8-9,12,15,18,21,24-37H2,1-2H3,(H,41,42)/b7-5-,11-10-,14-13-,17-16-,20-19-,23-22-. The van der Waals surface area contributed by atoms with Crippen LogP contribution in [0.15, 0.2) is 72.9 Å². The third-order valence-electron chi connectivity index (χ3n) is 7.44. The molecular weight excluding hydrogens is 544 g/mol. The first-order chi connectivity index (χ1) is 21.6. The van der Waals surface area contributed by atoms with Gasteiger partial charge in [-0.3, -0.25) is 9.59 Å². The molecule has 0 aromatic carbocycles. The maximum absolute atomic E-state index is 12.5. The van der Waals surface area contributed by atoms with E-state index in [-0.39, 0.29) is 18.5 Å². The van der Waals surface area contributed by atoms with Crippen LogP contribution in [0.2, 0.25) is 0 Å². The number of hydrogen-bond acceptors (Lipinski definition) is 3. The number of carboxylic acid groups (broad SMARTS) is 1. The summed E-state index contributed by atoms with van der Waals surface area (Å²) in [5, 5.41) is 8.76. The Morgan fingerprint density at radius 3 is 1.45 bits per heavy atom. The molecule has 0 spiro atoms. The number of carbonyl (C=O) groups is 2. The highest BCUT2D eigenvalue weighted by Crippen LogP contribution is 2.18. The number of rotatable bonds is 31. The normalized spacial score (nSPS) is 13.1. The van der Waals surface area contributed by atoms with Crippen LogP contribution in [0, 0.1) is 0 Å². The van der Waals surface area contributed by atoms with E-state index < -0.39 is 5.97 Å². The van der Waals surface area contributed by atoms with Crippen LogP contribution in [0.1, 0.15) is 162 Å². The molecule has 0 saturated heterocycles. The first kappa shape index (κ1) is 41.4. The lowest BCUT2D eigenvalue weighted by molar-refractivity contribution is -0.150. The van der Waals surface area contributed by atoms with Crippen LogP contribution in [0.3, 0.4) is 0 Å². The summed E-state index contributed by atoms with van der Waals surface area (Å²) in [6, 6.07) is 0. The molecule has 0 aliphatic heterocycles. The lowest BCUT2D eigenvalue weighted by atomic mass is 10.0. The van der Waals surface area contributed by atoms with Crippen molar-refractivity contribution in [3.63, 3.8) is 0 Å². The maximum atomic E-state index is 12.5. The highest BCUT2D eigenvalue weighted by molar-refractivity contribution is 5.69. The molecule has 0 aliphatic rings. The van der Waals surface area contributed by atoms with E-state index in [2.05, 4.69) is 86.8 Å². The number of carboxylic acids is 1. The summed E-state index contributed by atoms with van der Waals surface area (Å²) in [4.78, 5) is 23.2. The summed E-state index contributed by atoms with van der Waals surface area (Å²) >= 11 is 0. The minimum absolute atomic E-state index is 0.0338. The lowest BCUT2D eigenvalue weighted by Crippen LogP contribution is -2.18. The van der Waals surface area contributed by atoms with Crippen LogP contribution < -0.4 is 0 Å². The van der Waals surface area contributed by atoms with Gasteiger partial charge in [0, 0.05) is 12.8 Å². The molecule has 44 heavy (non-hydrogen) atoms. The first-order valence-corrected chi connectivity index (χ1v) is 17.9. The third-order valence-corrected chi connectivity index (χ3v) is 7.44. The number of carbonyl (C=O) groups excluding carboxylic acids is 1. The van der Waals surface area contributed by atoms with E-state index in [1.54, 1.807) is 0 Å². The maximum Gasteiger partial charge on any atom is 0.306 e. The molecule has 1 N–H and O–H groups in total. The third kappa shape index (κ3) is 33.9. The molecule has 1 unspecified atom stereocenters. The zero-order valence-electron chi connectivity index (χ0n) is 28.4. The van der Waals surface area contributed by atoms with Crippen molar-refractivity contribution in [3.8, 4) is 0 Å². The van der Waals surface area contributed by atoms with Gasteiger partial charge in [0.2, 0.25) is 0 Å². The number of hydrogen-bond donors (Lipinski definition) is 1. The predicted octanol–water partition coefficient (Wildman–Crippen LogP) is 12.3. The topological polar surface area (TPSA) is 63.6 Å². The monoisotopic (exact) mass is 610 g/mol. The van der Waals surface area contributed by atoms with Gasteiger partial charge >= 0.3 is 11.9 Å². The molecule has 250 valence electrons. The summed E-state index contributed by atoms with van der Waals surface area (Å²) < 4.78 is 5.90. The fraction of sp³-hybridized carbons (Fsp3) is 0.650. The second-order valence-electron chi connectivity index (χ2n) is 11.7. The van der Waals surface area contributed by atoms with Crippen molar-refractivity contribution in [3.05, 3.63) is 72.9 Å². The Bertz CT molecular complexity index is 830. The Labute approximate surface area is 271 Å². The summed E-state index contributed by atoms with van der Waals surface area (Å²) in [5.74, 6) is -0.759. The highest BCUT2D eigenvalue weighted by atomic mass is 16.5. The smallest absolute Gasteiger partial charge is 0.306 e. The summed E-state index contributed by atoms with van der Waals surface area (Å²) in [7, 11) is 0. The molecule has 0 bridgehead atoms. The molecule has 0 aliphatic carbocycles. The number of esters is 1. The molecule has 0 rings (SSSR count). The number of allylic oxidation sites excluding steroid dienone is 12. The van der Waals surface area contributed by atoms with Gasteiger partial charge in [-0.15, -0.1) is 0 Å². The predicted molar refractivity (Wildman–Crippen MR) is 190 cm³/mol. The quantitative estimate of drug-likeness (QED) is 0.0482. The zero-order chi connectivity index (χ0) is 32.2. The average Bonchev–Trinajstić information content (AvgIpc) is 3.00. The Morgan fingerprint density at radius 2 is 0.955 bits per heavy atom. The van der Waals surface area contributed by atoms with Crippen molar-refractivity contribution in [1.29, 1.82) is 0 Å². The van der Waals surface area contributed by atoms with Crippen molar-refractivity contribution < 1.29 is 19.4 Å². The molecular formula is C40H66O4. The van der Waals surface area contributed by atoms with Crippen LogP contribution in [0.5, 0.6) is 0 Å². The van der Waals surface area contributed by atoms with Crippen molar-refractivity contribution in [2.75, 3.05) is 0 Å². The van der Waals surface area contributed by atoms with E-state index in [0.29, 0.717) is 6.42 Å². The van der Waals surface area contributed by atoms with Gasteiger partial charge in [0.1, 0.15) is 6.10 Å². The fourth-order valence-corrected chi connectivity index (χ4v) is 4.83. The molecule has 1 atom stereocenters. The van der Waals surface area contributed by atoms with Gasteiger partial charge < -0.3 is 9.84 Å². The van der Waals surface area contributed by atoms with Gasteiger partial charge in [-0.25, -0.2) is 0 Å². The molecule has 0 saturated carbocycles. The molecule has 0 amide bonds. The second kappa shape index (κ2) is 34.9. The van der Waals surface area contributed by atoms with Gasteiger partial charge in [0.15, 0.2) is 0 Å². The molecule has 0 radical (unpaired) electrons. The zero-order valence-corrected chi connectivity index (χ0v) is 28.4. The molecule has 0 fully saturated rings. The van der Waals surface area contributed by atoms with E-state index in [0.717, 1.165) is 109 Å². The largest absolute Gasteiger partial charge is 0.481 e. The highest BCUT2D eigenvalue weighted by Gasteiger charge is 2.14. The van der Waals surface area contributed by atoms with Gasteiger partial charge in [-0.05, 0) is 89.9 Å². The van der Waals surface area contributed by atoms with Crippen LogP contribution in [0.25, 0.3) is 0 Å². The second-order valence-corrected chi connectivity index (χ2v) is 11.7. The van der Waals surface area contributed by atoms with Gasteiger partial charge in [0.05, 0.1) is 0 Å². The summed E-state index contributed by atoms with van der Waals surface area (Å²) in [6.45, 7) is 4.38. The van der Waals surface area contributed by atoms with E-state index in [1.807, 2.05) is 0 Å². The van der Waals surface area contributed by atoms with Crippen molar-refractivity contribution in [2.24, 2.45) is 0 Å². The number of ether oxygens (including phenoxy) is 1. The van der Waals surface area contributed by atoms with Crippen LogP contribution in [-0.2, 0) is 14.3 Å². The average molecular weight is 611 g/mol. The van der Waals surface area contributed by atoms with E-state index in [9.17, 15) is 9.59 Å². The number of unbranched alkanes of at least 4 members (excludes halogenated alkanes) is 10. The van der Waals surface area contributed by atoms with Crippen molar-refractivity contribution in [1.82, 2.24) is 0 Å². The van der Waals surface area contributed by atoms with E-state index >= 15 is 0 Å². The van der Waals surface area contributed by atoms with Gasteiger partial charge in [-0.1, -0.05) is 132 Å². The molecule has 0 aromatic heterocycles. The van der Waals surface area contributed by atoms with E-state index in [1.165, 1.54) is 25.7 Å². The van der Waals surface area contributed by atoms with Crippen LogP contribution >= 0.6 is 0 Å². The van der Waals surface area contributed by atoms with E-state index in [4.69, 9.17) is 9.84 Å². The van der Waals surface area contributed by atoms with Gasteiger partial charge in [0.25, 0.3) is 0 Å². The molecule has 4 nitrogen and oxygen atoms in total. The fourth-order valence-electron chi connectivity index (χ4n) is 4.83. The Morgan fingerprint density at radius 1 is 0.523 bits per heavy atom. The molecule has 0 heterocycles. The summed E-state index contributed by atoms with van der Waals surface area (Å²) in [6.07, 6.45) is 49.2. The number of aliphatic carboxylic acids is 1. The van der Waals surface area contributed by atoms with Crippen molar-refractivity contribution in [2.45, 2.75) is 168 Å². The SMILES string of the molecule is CC/C=C\C/C=C\C/C=C\C/C=C\C/C=C\C/C=C\CCCCC(=O)OC(CCCCCCC)CCCCCCCC(=O)O. The molecule has 0 aromatic rings. The van der Waals surface area contributed by atoms with Crippen molar-refractivity contribution >= 4 is 11.9 Å². The lowest BCUT2D eigenvalue weighted by Gasteiger charge is -2.18. The Kier molecular flexibility index (Phi) is 32.8. The minimum atomic E-state index is -0.711. The first-order valence-electron chi connectivity index (χ1n) is 17.9. The van der Waals surface area contributed by atoms with Gasteiger partial charge in [-0.2, -0.15) is 0 Å². The summed E-state index contributed by atoms with van der Waals surface area (Å²) in [5.41, 5.74) is 0. The van der Waals surface area contributed by atoms with Crippen LogP contribution in [-0.4, -0.2) is 23.1 Å². The van der Waals surface area contributed by atoms with Crippen LogP contribution in [0.4, 0.5) is 0 Å². The molecule has 4 heteroatoms. The Balaban J connectivity index is 3.98. The Hall–Kier alpha value is -2.62. The minimum Gasteiger partial charge on any atom is -0.481 e.